The number of hydrogen-bond donors (Lipinski definition) is 2. The minimum atomic E-state index is -0.589. The zero-order valence-corrected chi connectivity index (χ0v) is 12.4. The summed E-state index contributed by atoms with van der Waals surface area (Å²) >= 11 is 5.87. The van der Waals surface area contributed by atoms with E-state index in [1.54, 1.807) is 18.2 Å². The number of nitrogens with one attached hydrogen (secondary N) is 1. The summed E-state index contributed by atoms with van der Waals surface area (Å²) in [6.07, 6.45) is 0. The molecule has 0 bridgehead atoms. The molecular formula is C15H15ClFN3O. The number of carbonyl (C=O) groups is 1. The van der Waals surface area contributed by atoms with E-state index < -0.39 is 11.7 Å². The van der Waals surface area contributed by atoms with E-state index in [-0.39, 0.29) is 10.7 Å². The molecule has 4 nitrogen and oxygen atoms in total. The van der Waals surface area contributed by atoms with Gasteiger partial charge in [0.2, 0.25) is 0 Å². The zero-order valence-electron chi connectivity index (χ0n) is 11.7. The third-order valence-corrected chi connectivity index (χ3v) is 3.29. The van der Waals surface area contributed by atoms with Crippen LogP contribution in [0.5, 0.6) is 0 Å². The molecule has 0 unspecified atom stereocenters. The summed E-state index contributed by atoms with van der Waals surface area (Å²) in [5, 5.41) is 2.60. The number of benzene rings is 2. The molecule has 2 rings (SSSR count). The maximum atomic E-state index is 13.6. The van der Waals surface area contributed by atoms with Gasteiger partial charge >= 0.3 is 0 Å². The molecule has 6 heteroatoms. The minimum absolute atomic E-state index is 0.0422. The van der Waals surface area contributed by atoms with Gasteiger partial charge in [-0.3, -0.25) is 4.79 Å². The van der Waals surface area contributed by atoms with Gasteiger partial charge in [-0.15, -0.1) is 0 Å². The van der Waals surface area contributed by atoms with E-state index in [0.717, 1.165) is 5.69 Å². The Morgan fingerprint density at radius 2 is 2.00 bits per heavy atom. The molecule has 2 aromatic carbocycles. The first-order valence-corrected chi connectivity index (χ1v) is 6.60. The van der Waals surface area contributed by atoms with E-state index in [2.05, 4.69) is 5.32 Å². The van der Waals surface area contributed by atoms with Crippen molar-refractivity contribution in [3.8, 4) is 0 Å². The maximum absolute atomic E-state index is 13.6. The van der Waals surface area contributed by atoms with Crippen LogP contribution >= 0.6 is 11.6 Å². The molecule has 0 aliphatic rings. The van der Waals surface area contributed by atoms with Gasteiger partial charge in [0, 0.05) is 19.7 Å². The summed E-state index contributed by atoms with van der Waals surface area (Å²) in [4.78, 5) is 14.0. The number of nitrogens with two attached hydrogens (primary N) is 1. The van der Waals surface area contributed by atoms with Crippen molar-refractivity contribution in [2.75, 3.05) is 30.0 Å². The molecule has 0 saturated carbocycles. The molecular weight excluding hydrogens is 293 g/mol. The highest BCUT2D eigenvalue weighted by Gasteiger charge is 2.13. The first kappa shape index (κ1) is 15.1. The van der Waals surface area contributed by atoms with Crippen LogP contribution in [0.2, 0.25) is 5.02 Å². The van der Waals surface area contributed by atoms with Crippen molar-refractivity contribution in [3.05, 3.63) is 52.8 Å². The van der Waals surface area contributed by atoms with Crippen molar-refractivity contribution in [2.45, 2.75) is 0 Å². The predicted molar refractivity (Wildman–Crippen MR) is 84.5 cm³/mol. The van der Waals surface area contributed by atoms with Gasteiger partial charge in [0.15, 0.2) is 0 Å². The zero-order chi connectivity index (χ0) is 15.6. The summed E-state index contributed by atoms with van der Waals surface area (Å²) in [5.41, 5.74) is 7.45. The highest BCUT2D eigenvalue weighted by atomic mass is 35.5. The van der Waals surface area contributed by atoms with Gasteiger partial charge in [-0.1, -0.05) is 17.7 Å². The highest BCUT2D eigenvalue weighted by molar-refractivity contribution is 6.34. The monoisotopic (exact) mass is 307 g/mol. The number of para-hydroxylation sites is 1. The fourth-order valence-corrected chi connectivity index (χ4v) is 2.12. The Bertz CT molecular complexity index is 668. The fraction of sp³-hybridized carbons (Fsp3) is 0.133. The lowest BCUT2D eigenvalue weighted by atomic mass is 10.1. The van der Waals surface area contributed by atoms with Crippen LogP contribution in [-0.4, -0.2) is 20.0 Å². The molecule has 0 aromatic heterocycles. The Morgan fingerprint density at radius 3 is 2.57 bits per heavy atom. The van der Waals surface area contributed by atoms with Gasteiger partial charge in [0.05, 0.1) is 22.1 Å². The van der Waals surface area contributed by atoms with E-state index in [9.17, 15) is 9.18 Å². The molecule has 3 N–H and O–H groups in total. The van der Waals surface area contributed by atoms with Crippen molar-refractivity contribution in [3.63, 3.8) is 0 Å². The Labute approximate surface area is 127 Å². The van der Waals surface area contributed by atoms with Gasteiger partial charge < -0.3 is 16.0 Å². The van der Waals surface area contributed by atoms with Crippen LogP contribution in [0.3, 0.4) is 0 Å². The standard InChI is InChI=1S/C15H15ClFN3O/c1-20(2)13-7-6-9(8-12(13)18)15(21)19-14-10(16)4-3-5-11(14)17/h3-8H,18H2,1-2H3,(H,19,21). The summed E-state index contributed by atoms with van der Waals surface area (Å²) < 4.78 is 13.6. The second-order valence-electron chi connectivity index (χ2n) is 4.72. The quantitative estimate of drug-likeness (QED) is 0.855. The molecule has 21 heavy (non-hydrogen) atoms. The highest BCUT2D eigenvalue weighted by Crippen LogP contribution is 2.26. The molecule has 0 radical (unpaired) electrons. The fourth-order valence-electron chi connectivity index (χ4n) is 1.91. The number of nitrogens with zero attached hydrogens (tertiary/aromatic N) is 1. The number of rotatable bonds is 3. The lowest BCUT2D eigenvalue weighted by molar-refractivity contribution is 0.102. The van der Waals surface area contributed by atoms with Crippen molar-refractivity contribution in [1.82, 2.24) is 0 Å². The first-order chi connectivity index (χ1) is 9.90. The Morgan fingerprint density at radius 1 is 1.29 bits per heavy atom. The third-order valence-electron chi connectivity index (χ3n) is 2.97. The maximum Gasteiger partial charge on any atom is 0.255 e. The van der Waals surface area contributed by atoms with Gasteiger partial charge in [-0.25, -0.2) is 4.39 Å². The van der Waals surface area contributed by atoms with Crippen LogP contribution in [0.1, 0.15) is 10.4 Å². The Hall–Kier alpha value is -2.27. The molecule has 0 atom stereocenters. The molecule has 0 fully saturated rings. The van der Waals surface area contributed by atoms with E-state index in [1.165, 1.54) is 18.2 Å². The second-order valence-corrected chi connectivity index (χ2v) is 5.13. The van der Waals surface area contributed by atoms with Crippen LogP contribution in [0, 0.1) is 5.82 Å². The number of hydrogen-bond acceptors (Lipinski definition) is 3. The van der Waals surface area contributed by atoms with Crippen molar-refractivity contribution >= 4 is 34.6 Å². The molecule has 1 amide bonds. The second kappa shape index (κ2) is 6.01. The van der Waals surface area contributed by atoms with Gasteiger partial charge in [0.25, 0.3) is 5.91 Å². The minimum Gasteiger partial charge on any atom is -0.397 e. The van der Waals surface area contributed by atoms with E-state index >= 15 is 0 Å². The van der Waals surface area contributed by atoms with Crippen molar-refractivity contribution < 1.29 is 9.18 Å². The number of anilines is 3. The van der Waals surface area contributed by atoms with Crippen LogP contribution in [0.25, 0.3) is 0 Å². The molecule has 0 heterocycles. The lowest BCUT2D eigenvalue weighted by Gasteiger charge is -2.16. The largest absolute Gasteiger partial charge is 0.397 e. The molecule has 0 aliphatic heterocycles. The van der Waals surface area contributed by atoms with Crippen molar-refractivity contribution in [2.24, 2.45) is 0 Å². The van der Waals surface area contributed by atoms with Gasteiger partial charge in [-0.2, -0.15) is 0 Å². The molecule has 0 spiro atoms. The lowest BCUT2D eigenvalue weighted by Crippen LogP contribution is -2.15. The van der Waals surface area contributed by atoms with Crippen LogP contribution < -0.4 is 16.0 Å². The van der Waals surface area contributed by atoms with Crippen LogP contribution in [0.15, 0.2) is 36.4 Å². The average molecular weight is 308 g/mol. The number of halogens is 2. The van der Waals surface area contributed by atoms with Crippen molar-refractivity contribution in [1.29, 1.82) is 0 Å². The van der Waals surface area contributed by atoms with E-state index in [4.69, 9.17) is 17.3 Å². The Kier molecular flexibility index (Phi) is 4.33. The first-order valence-electron chi connectivity index (χ1n) is 6.22. The van der Waals surface area contributed by atoms with E-state index in [0.29, 0.717) is 11.3 Å². The normalized spacial score (nSPS) is 10.3. The van der Waals surface area contributed by atoms with Crippen LogP contribution in [-0.2, 0) is 0 Å². The molecule has 0 aliphatic carbocycles. The van der Waals surface area contributed by atoms with Gasteiger partial charge in [-0.05, 0) is 30.3 Å². The summed E-state index contributed by atoms with van der Waals surface area (Å²) in [7, 11) is 3.70. The number of nitrogen functional groups attached to an aromatic ring is 1. The van der Waals surface area contributed by atoms with Crippen LogP contribution in [0.4, 0.5) is 21.5 Å². The Balaban J connectivity index is 2.27. The molecule has 2 aromatic rings. The molecule has 0 saturated heterocycles. The van der Waals surface area contributed by atoms with E-state index in [1.807, 2.05) is 19.0 Å². The molecule has 110 valence electrons. The SMILES string of the molecule is CN(C)c1ccc(C(=O)Nc2c(F)cccc2Cl)cc1N. The number of carbonyl (C=O) groups excluding carboxylic acids is 1. The summed E-state index contributed by atoms with van der Waals surface area (Å²) in [6.45, 7) is 0. The summed E-state index contributed by atoms with van der Waals surface area (Å²) in [5.74, 6) is -1.06. The van der Waals surface area contributed by atoms with Gasteiger partial charge in [0.1, 0.15) is 5.82 Å². The number of amides is 1. The smallest absolute Gasteiger partial charge is 0.255 e. The average Bonchev–Trinajstić information content (AvgIpc) is 2.42. The predicted octanol–water partition coefficient (Wildman–Crippen LogP) is 3.38. The topological polar surface area (TPSA) is 58.4 Å². The third kappa shape index (κ3) is 3.25. The summed E-state index contributed by atoms with van der Waals surface area (Å²) in [6, 6.07) is 9.09.